The van der Waals surface area contributed by atoms with E-state index in [2.05, 4.69) is 5.32 Å². The van der Waals surface area contributed by atoms with Gasteiger partial charge in [0.25, 0.3) is 5.69 Å². The highest BCUT2D eigenvalue weighted by Gasteiger charge is 2.19. The number of hydrogen-bond donors (Lipinski definition) is 2. The van der Waals surface area contributed by atoms with E-state index in [0.717, 1.165) is 6.07 Å². The normalized spacial score (nSPS) is 12.1. The Morgan fingerprint density at radius 3 is 2.68 bits per heavy atom. The lowest BCUT2D eigenvalue weighted by Gasteiger charge is -2.13. The van der Waals surface area contributed by atoms with Crippen LogP contribution in [0.25, 0.3) is 0 Å². The van der Waals surface area contributed by atoms with Crippen molar-refractivity contribution in [1.82, 2.24) is 5.32 Å². The molecule has 0 aliphatic heterocycles. The lowest BCUT2D eigenvalue weighted by atomic mass is 10.1. The van der Waals surface area contributed by atoms with Gasteiger partial charge in [0, 0.05) is 12.1 Å². The number of aliphatic carboxylic acids is 1. The molecule has 2 N–H and O–H groups in total. The monoisotopic (exact) mass is 326 g/mol. The molecule has 1 atom stereocenters. The van der Waals surface area contributed by atoms with Gasteiger partial charge in [0.2, 0.25) is 5.91 Å². The van der Waals surface area contributed by atoms with Gasteiger partial charge in [-0.3, -0.25) is 14.9 Å². The molecule has 0 fully saturated rings. The molecule has 1 unspecified atom stereocenters. The van der Waals surface area contributed by atoms with Crippen LogP contribution in [0.2, 0.25) is 5.02 Å². The maximum atomic E-state index is 11.9. The van der Waals surface area contributed by atoms with Gasteiger partial charge in [0.15, 0.2) is 0 Å². The van der Waals surface area contributed by atoms with Crippen molar-refractivity contribution in [2.75, 3.05) is 0 Å². The van der Waals surface area contributed by atoms with E-state index in [1.165, 1.54) is 12.1 Å². The highest BCUT2D eigenvalue weighted by atomic mass is 35.5. The molecule has 0 heterocycles. The van der Waals surface area contributed by atoms with Gasteiger partial charge in [-0.15, -0.1) is 0 Å². The number of nitrogens with zero attached hydrogens (tertiary/aromatic N) is 1. The number of hydrogen-bond acceptors (Lipinski definition) is 4. The van der Waals surface area contributed by atoms with Crippen LogP contribution in [0.1, 0.15) is 18.9 Å². The molecule has 0 radical (unpaired) electrons. The van der Waals surface area contributed by atoms with Crippen molar-refractivity contribution < 1.29 is 19.6 Å². The molecule has 1 aromatic carbocycles. The van der Waals surface area contributed by atoms with Crippen LogP contribution in [0.4, 0.5) is 5.69 Å². The number of benzene rings is 1. The number of carbonyl (C=O) groups excluding carboxylic acids is 1. The number of nitro groups is 1. The molecule has 118 valence electrons. The molecule has 0 bridgehead atoms. The second kappa shape index (κ2) is 8.14. The van der Waals surface area contributed by atoms with Crippen LogP contribution in [0.5, 0.6) is 0 Å². The smallest absolute Gasteiger partial charge is 0.326 e. The third-order valence-electron chi connectivity index (χ3n) is 2.84. The summed E-state index contributed by atoms with van der Waals surface area (Å²) < 4.78 is 0. The number of nitro benzene ring substituents is 1. The predicted molar refractivity (Wildman–Crippen MR) is 80.8 cm³/mol. The molecule has 0 spiro atoms. The number of carbonyl (C=O) groups is 2. The van der Waals surface area contributed by atoms with Crippen LogP contribution in [-0.2, 0) is 16.0 Å². The Kier molecular flexibility index (Phi) is 6.52. The number of amides is 1. The van der Waals surface area contributed by atoms with Crippen molar-refractivity contribution >= 4 is 29.2 Å². The number of carboxylic acids is 1. The topological polar surface area (TPSA) is 110 Å². The fraction of sp³-hybridized carbons (Fsp3) is 0.286. The largest absolute Gasteiger partial charge is 0.480 e. The molecule has 0 aliphatic carbocycles. The van der Waals surface area contributed by atoms with Gasteiger partial charge in [-0.05, 0) is 18.9 Å². The number of allylic oxidation sites excluding steroid dienone is 1. The average molecular weight is 327 g/mol. The zero-order valence-corrected chi connectivity index (χ0v) is 12.5. The van der Waals surface area contributed by atoms with Crippen molar-refractivity contribution in [2.24, 2.45) is 0 Å². The van der Waals surface area contributed by atoms with E-state index in [1.807, 2.05) is 0 Å². The van der Waals surface area contributed by atoms with E-state index in [1.54, 1.807) is 19.1 Å². The second-order valence-electron chi connectivity index (χ2n) is 4.47. The zero-order chi connectivity index (χ0) is 16.7. The molecule has 8 heteroatoms. The molecular formula is C14H15ClN2O5. The van der Waals surface area contributed by atoms with Gasteiger partial charge < -0.3 is 10.4 Å². The fourth-order valence-electron chi connectivity index (χ4n) is 1.71. The third-order valence-corrected chi connectivity index (χ3v) is 3.19. The molecule has 1 amide bonds. The van der Waals surface area contributed by atoms with Gasteiger partial charge in [0.1, 0.15) is 6.04 Å². The van der Waals surface area contributed by atoms with E-state index in [0.29, 0.717) is 5.56 Å². The number of halogens is 1. The van der Waals surface area contributed by atoms with Crippen molar-refractivity contribution in [1.29, 1.82) is 0 Å². The third kappa shape index (κ3) is 5.17. The highest BCUT2D eigenvalue weighted by molar-refractivity contribution is 6.31. The minimum atomic E-state index is -1.14. The molecule has 0 aromatic heterocycles. The first kappa shape index (κ1) is 17.6. The summed E-state index contributed by atoms with van der Waals surface area (Å²) in [5.74, 6) is -1.66. The van der Waals surface area contributed by atoms with E-state index in [-0.39, 0.29) is 23.6 Å². The summed E-state index contributed by atoms with van der Waals surface area (Å²) in [6, 6.07) is 2.74. The Morgan fingerprint density at radius 2 is 2.18 bits per heavy atom. The highest BCUT2D eigenvalue weighted by Crippen LogP contribution is 2.22. The maximum absolute atomic E-state index is 11.9. The number of non-ortho nitro benzene ring substituents is 1. The molecule has 0 saturated carbocycles. The Bertz CT molecular complexity index is 615. The van der Waals surface area contributed by atoms with Gasteiger partial charge >= 0.3 is 5.97 Å². The Hall–Kier alpha value is -2.41. The standard InChI is InChI=1S/C14H15ClN2O5/c1-2-3-4-12(14(19)20)16-13(18)7-9-5-6-10(17(21)22)8-11(9)15/h2-3,5-6,8,12H,4,7H2,1H3,(H,16,18)(H,19,20)/b3-2+. The van der Waals surface area contributed by atoms with E-state index in [9.17, 15) is 19.7 Å². The molecule has 1 rings (SSSR count). The summed E-state index contributed by atoms with van der Waals surface area (Å²) in [4.78, 5) is 32.9. The van der Waals surface area contributed by atoms with Crippen LogP contribution >= 0.6 is 11.6 Å². The van der Waals surface area contributed by atoms with E-state index >= 15 is 0 Å². The zero-order valence-electron chi connectivity index (χ0n) is 11.8. The minimum Gasteiger partial charge on any atom is -0.480 e. The first-order chi connectivity index (χ1) is 10.3. The van der Waals surface area contributed by atoms with Crippen molar-refractivity contribution in [2.45, 2.75) is 25.8 Å². The van der Waals surface area contributed by atoms with Gasteiger partial charge in [-0.25, -0.2) is 4.79 Å². The number of rotatable bonds is 7. The maximum Gasteiger partial charge on any atom is 0.326 e. The van der Waals surface area contributed by atoms with Crippen LogP contribution in [0, 0.1) is 10.1 Å². The van der Waals surface area contributed by atoms with E-state index < -0.39 is 22.8 Å². The molecule has 1 aromatic rings. The lowest BCUT2D eigenvalue weighted by molar-refractivity contribution is -0.384. The SMILES string of the molecule is C/C=C/CC(NC(=O)Cc1ccc([N+](=O)[O-])cc1Cl)C(=O)O. The van der Waals surface area contributed by atoms with Crippen LogP contribution in [0.3, 0.4) is 0 Å². The summed E-state index contributed by atoms with van der Waals surface area (Å²) in [7, 11) is 0. The number of carboxylic acid groups (broad SMARTS) is 1. The quantitative estimate of drug-likeness (QED) is 0.454. The van der Waals surface area contributed by atoms with Crippen molar-refractivity contribution in [3.05, 3.63) is 51.1 Å². The van der Waals surface area contributed by atoms with Crippen molar-refractivity contribution in [3.63, 3.8) is 0 Å². The molecule has 0 aliphatic rings. The lowest BCUT2D eigenvalue weighted by Crippen LogP contribution is -2.41. The average Bonchev–Trinajstić information content (AvgIpc) is 2.45. The number of nitrogens with one attached hydrogen (secondary N) is 1. The van der Waals surface area contributed by atoms with Gasteiger partial charge in [-0.1, -0.05) is 29.8 Å². The van der Waals surface area contributed by atoms with E-state index in [4.69, 9.17) is 16.7 Å². The second-order valence-corrected chi connectivity index (χ2v) is 4.88. The summed E-state index contributed by atoms with van der Waals surface area (Å²) in [5.41, 5.74) is 0.214. The van der Waals surface area contributed by atoms with Gasteiger partial charge in [-0.2, -0.15) is 0 Å². The van der Waals surface area contributed by atoms with Crippen LogP contribution < -0.4 is 5.32 Å². The fourth-order valence-corrected chi connectivity index (χ4v) is 1.95. The van der Waals surface area contributed by atoms with Crippen molar-refractivity contribution in [3.8, 4) is 0 Å². The molecule has 0 saturated heterocycles. The summed E-state index contributed by atoms with van der Waals surface area (Å²) >= 11 is 5.89. The predicted octanol–water partition coefficient (Wildman–Crippen LogP) is 2.33. The van der Waals surface area contributed by atoms with Crippen LogP contribution in [-0.4, -0.2) is 27.9 Å². The Labute approximate surface area is 131 Å². The van der Waals surface area contributed by atoms with Crippen LogP contribution in [0.15, 0.2) is 30.4 Å². The molecule has 7 nitrogen and oxygen atoms in total. The minimum absolute atomic E-state index is 0.0877. The first-order valence-electron chi connectivity index (χ1n) is 6.41. The first-order valence-corrected chi connectivity index (χ1v) is 6.79. The summed E-state index contributed by atoms with van der Waals surface area (Å²) in [6.07, 6.45) is 3.34. The summed E-state index contributed by atoms with van der Waals surface area (Å²) in [5, 5.41) is 22.1. The summed E-state index contributed by atoms with van der Waals surface area (Å²) in [6.45, 7) is 1.75. The molecular weight excluding hydrogens is 312 g/mol. The van der Waals surface area contributed by atoms with Gasteiger partial charge in [0.05, 0.1) is 16.4 Å². The Morgan fingerprint density at radius 1 is 1.50 bits per heavy atom. The molecule has 22 heavy (non-hydrogen) atoms. The Balaban J connectivity index is 2.75.